The highest BCUT2D eigenvalue weighted by Gasteiger charge is 2.30. The third kappa shape index (κ3) is 69.2. The monoisotopic (exact) mass is 1410 g/mol. The number of esters is 4. The maximum absolute atomic E-state index is 13.1. The second-order valence-corrected chi connectivity index (χ2v) is 32.3. The van der Waals surface area contributed by atoms with Crippen LogP contribution < -0.4 is 0 Å². The van der Waals surface area contributed by atoms with Crippen molar-refractivity contribution >= 4 is 39.5 Å². The maximum Gasteiger partial charge on any atom is 0.472 e. The van der Waals surface area contributed by atoms with Gasteiger partial charge in [-0.1, -0.05) is 338 Å². The molecule has 96 heavy (non-hydrogen) atoms. The Hall–Kier alpha value is -1.94. The van der Waals surface area contributed by atoms with Crippen LogP contribution in [0.2, 0.25) is 0 Å². The molecule has 0 bridgehead atoms. The molecule has 0 aromatic heterocycles. The molecule has 0 rings (SSSR count). The molecule has 0 aromatic rings. The highest BCUT2D eigenvalue weighted by molar-refractivity contribution is 7.47. The smallest absolute Gasteiger partial charge is 0.462 e. The topological polar surface area (TPSA) is 237 Å². The summed E-state index contributed by atoms with van der Waals surface area (Å²) in [6.45, 7) is 14.1. The fraction of sp³-hybridized carbons (Fsp3) is 0.948. The lowest BCUT2D eigenvalue weighted by atomic mass is 10.00. The molecule has 3 N–H and O–H groups in total. The van der Waals surface area contributed by atoms with E-state index in [0.717, 1.165) is 114 Å². The third-order valence-corrected chi connectivity index (χ3v) is 20.1. The summed E-state index contributed by atoms with van der Waals surface area (Å²) in [5.41, 5.74) is 0. The Kier molecular flexibility index (Phi) is 65.0. The van der Waals surface area contributed by atoms with Crippen molar-refractivity contribution in [1.82, 2.24) is 0 Å². The summed E-state index contributed by atoms with van der Waals surface area (Å²) in [5, 5.41) is 10.6. The summed E-state index contributed by atoms with van der Waals surface area (Å²) in [7, 11) is -9.91. The summed E-state index contributed by atoms with van der Waals surface area (Å²) in [4.78, 5) is 72.8. The molecule has 0 aliphatic carbocycles. The van der Waals surface area contributed by atoms with E-state index in [1.165, 1.54) is 186 Å². The molecule has 0 fully saturated rings. The van der Waals surface area contributed by atoms with E-state index in [0.29, 0.717) is 31.6 Å². The van der Waals surface area contributed by atoms with E-state index >= 15 is 0 Å². The first-order chi connectivity index (χ1) is 46.1. The molecule has 0 aromatic carbocycles. The minimum atomic E-state index is -4.96. The first-order valence-electron chi connectivity index (χ1n) is 39.7. The summed E-state index contributed by atoms with van der Waals surface area (Å²) in [5.74, 6) is 0.890. The van der Waals surface area contributed by atoms with Gasteiger partial charge in [0.1, 0.15) is 19.3 Å². The average molecular weight is 1410 g/mol. The van der Waals surface area contributed by atoms with Gasteiger partial charge in [-0.25, -0.2) is 9.13 Å². The molecule has 0 aliphatic rings. The summed E-state index contributed by atoms with van der Waals surface area (Å²) in [6, 6.07) is 0. The fourth-order valence-electron chi connectivity index (χ4n) is 11.7. The van der Waals surface area contributed by atoms with Crippen LogP contribution in [0.3, 0.4) is 0 Å². The molecule has 0 saturated carbocycles. The molecule has 0 heterocycles. The number of hydrogen-bond donors (Lipinski definition) is 3. The second kappa shape index (κ2) is 66.3. The van der Waals surface area contributed by atoms with Crippen molar-refractivity contribution in [1.29, 1.82) is 0 Å². The lowest BCUT2D eigenvalue weighted by Gasteiger charge is -2.21. The highest BCUT2D eigenvalue weighted by atomic mass is 31.2. The standard InChI is InChI=1S/C77H150O17P2/c1-9-70(8)56-48-40-34-36-42-50-58-75(80)88-64-72(93-76(81)59-51-43-32-28-24-20-15-11-10-13-17-21-25-29-37-45-53-67(2)3)65-91-95(83,84)89-61-71(78)62-90-96(85,86)92-66-73(94-77(82)60-52-44-35-33-39-47-55-69(6)7)63-87-74(79)57-49-41-31-27-23-19-16-12-14-18-22-26-30-38-46-54-68(4)5/h67-73,78H,9-66H2,1-8H3,(H,83,84)(H,85,86)/t70?,71-,72+,73+/m0/s1. The minimum absolute atomic E-state index is 0.102. The predicted molar refractivity (Wildman–Crippen MR) is 391 cm³/mol. The van der Waals surface area contributed by atoms with Gasteiger partial charge in [0.2, 0.25) is 0 Å². The van der Waals surface area contributed by atoms with Crippen LogP contribution in [0, 0.1) is 23.7 Å². The normalized spacial score (nSPS) is 14.4. The Bertz CT molecular complexity index is 1890. The Labute approximate surface area is 588 Å². The first kappa shape index (κ1) is 94.1. The number of carbonyl (C=O) groups is 4. The van der Waals surface area contributed by atoms with Gasteiger partial charge in [0.25, 0.3) is 0 Å². The highest BCUT2D eigenvalue weighted by Crippen LogP contribution is 2.45. The van der Waals surface area contributed by atoms with Crippen molar-refractivity contribution in [3.8, 4) is 0 Å². The van der Waals surface area contributed by atoms with Crippen molar-refractivity contribution < 1.29 is 80.2 Å². The molecule has 17 nitrogen and oxygen atoms in total. The molecule has 0 saturated heterocycles. The van der Waals surface area contributed by atoms with Gasteiger partial charge in [-0.05, 0) is 49.4 Å². The Morgan fingerprint density at radius 2 is 0.500 bits per heavy atom. The lowest BCUT2D eigenvalue weighted by molar-refractivity contribution is -0.161. The van der Waals surface area contributed by atoms with Crippen LogP contribution >= 0.6 is 15.6 Å². The Balaban J connectivity index is 5.15. The molecule has 0 aliphatic heterocycles. The van der Waals surface area contributed by atoms with E-state index in [2.05, 4.69) is 55.4 Å². The van der Waals surface area contributed by atoms with Crippen molar-refractivity contribution in [2.45, 2.75) is 408 Å². The Morgan fingerprint density at radius 1 is 0.292 bits per heavy atom. The largest absolute Gasteiger partial charge is 0.472 e. The first-order valence-corrected chi connectivity index (χ1v) is 42.7. The number of hydrogen-bond acceptors (Lipinski definition) is 15. The van der Waals surface area contributed by atoms with Gasteiger partial charge in [-0.3, -0.25) is 37.3 Å². The van der Waals surface area contributed by atoms with Crippen molar-refractivity contribution in [3.63, 3.8) is 0 Å². The maximum atomic E-state index is 13.1. The van der Waals surface area contributed by atoms with E-state index in [1.807, 2.05) is 0 Å². The number of phosphoric ester groups is 2. The molecule has 0 amide bonds. The van der Waals surface area contributed by atoms with Gasteiger partial charge in [0.05, 0.1) is 26.4 Å². The van der Waals surface area contributed by atoms with Crippen molar-refractivity contribution in [2.24, 2.45) is 23.7 Å². The number of phosphoric acid groups is 2. The molecule has 19 heteroatoms. The van der Waals surface area contributed by atoms with E-state index in [4.69, 9.17) is 37.0 Å². The third-order valence-electron chi connectivity index (χ3n) is 18.2. The zero-order valence-electron chi connectivity index (χ0n) is 63.0. The number of aliphatic hydroxyl groups is 1. The van der Waals surface area contributed by atoms with Gasteiger partial charge in [-0.2, -0.15) is 0 Å². The Morgan fingerprint density at radius 3 is 0.740 bits per heavy atom. The number of ether oxygens (including phenoxy) is 4. The van der Waals surface area contributed by atoms with Crippen LogP contribution in [0.4, 0.5) is 0 Å². The molecule has 3 unspecified atom stereocenters. The van der Waals surface area contributed by atoms with E-state index < -0.39 is 97.5 Å². The SMILES string of the molecule is CCC(C)CCCCCCCCC(=O)OC[C@H](COP(=O)(O)OC[C@H](O)COP(=O)(O)OC[C@@H](COC(=O)CCCCCCCCCCCCCCCCCC(C)C)OC(=O)CCCCCCCCC(C)C)OC(=O)CCCCCCCCCCCCCCCCCCC(C)C. The van der Waals surface area contributed by atoms with Crippen LogP contribution in [0.1, 0.15) is 389 Å². The van der Waals surface area contributed by atoms with Gasteiger partial charge >= 0.3 is 39.5 Å². The quantitative estimate of drug-likeness (QED) is 0.0222. The number of unbranched alkanes of at least 4 members (excludes halogenated alkanes) is 39. The van der Waals surface area contributed by atoms with Crippen molar-refractivity contribution in [2.75, 3.05) is 39.6 Å². The molecule has 0 spiro atoms. The zero-order valence-corrected chi connectivity index (χ0v) is 64.8. The van der Waals surface area contributed by atoms with Gasteiger partial charge < -0.3 is 33.8 Å². The molecular formula is C77H150O17P2. The van der Waals surface area contributed by atoms with E-state index in [1.54, 1.807) is 0 Å². The number of carbonyl (C=O) groups excluding carboxylic acids is 4. The minimum Gasteiger partial charge on any atom is -0.462 e. The van der Waals surface area contributed by atoms with Gasteiger partial charge in [0, 0.05) is 25.7 Å². The van der Waals surface area contributed by atoms with Gasteiger partial charge in [0.15, 0.2) is 12.2 Å². The van der Waals surface area contributed by atoms with Crippen LogP contribution in [0.25, 0.3) is 0 Å². The zero-order chi connectivity index (χ0) is 71.0. The van der Waals surface area contributed by atoms with Crippen molar-refractivity contribution in [3.05, 3.63) is 0 Å². The van der Waals surface area contributed by atoms with E-state index in [9.17, 15) is 43.2 Å². The van der Waals surface area contributed by atoms with Crippen LogP contribution in [0.15, 0.2) is 0 Å². The number of aliphatic hydroxyl groups excluding tert-OH is 1. The predicted octanol–water partition coefficient (Wildman–Crippen LogP) is 22.4. The molecule has 570 valence electrons. The van der Waals surface area contributed by atoms with Gasteiger partial charge in [-0.15, -0.1) is 0 Å². The molecule has 0 radical (unpaired) electrons. The summed E-state index contributed by atoms with van der Waals surface area (Å²) < 4.78 is 68.5. The summed E-state index contributed by atoms with van der Waals surface area (Å²) in [6.07, 6.45) is 51.7. The van der Waals surface area contributed by atoms with Crippen LogP contribution in [0.5, 0.6) is 0 Å². The summed E-state index contributed by atoms with van der Waals surface area (Å²) >= 11 is 0. The molecular weight excluding hydrogens is 1260 g/mol. The second-order valence-electron chi connectivity index (χ2n) is 29.4. The molecule has 6 atom stereocenters. The number of rotatable bonds is 74. The van der Waals surface area contributed by atoms with Crippen LogP contribution in [-0.4, -0.2) is 96.7 Å². The van der Waals surface area contributed by atoms with E-state index in [-0.39, 0.29) is 25.7 Å². The lowest BCUT2D eigenvalue weighted by Crippen LogP contribution is -2.30. The van der Waals surface area contributed by atoms with Crippen LogP contribution in [-0.2, 0) is 65.4 Å². The fourth-order valence-corrected chi connectivity index (χ4v) is 13.3. The average Bonchev–Trinajstić information content (AvgIpc) is 1.28.